The third-order valence-electron chi connectivity index (χ3n) is 2.95. The normalized spacial score (nSPS) is 16.1. The number of nitrogens with one attached hydrogen (secondary N) is 2. The second-order valence-electron chi connectivity index (χ2n) is 4.36. The maximum Gasteiger partial charge on any atom is 0.324 e. The van der Waals surface area contributed by atoms with E-state index in [0.717, 1.165) is 0 Å². The number of hydrogen-bond donors (Lipinski definition) is 2. The molecule has 0 spiro atoms. The molecule has 2 amide bonds. The lowest BCUT2D eigenvalue weighted by Crippen LogP contribution is -2.24. The minimum Gasteiger partial charge on any atom is -0.315 e. The van der Waals surface area contributed by atoms with Crippen molar-refractivity contribution >= 4 is 23.4 Å². The van der Waals surface area contributed by atoms with Gasteiger partial charge in [-0.3, -0.25) is 5.32 Å². The van der Waals surface area contributed by atoms with Crippen molar-refractivity contribution in [2.45, 2.75) is 25.7 Å². The summed E-state index contributed by atoms with van der Waals surface area (Å²) >= 11 is 5.79. The Morgan fingerprint density at radius 3 is 2.94 bits per heavy atom. The summed E-state index contributed by atoms with van der Waals surface area (Å²) in [5, 5.41) is 5.82. The van der Waals surface area contributed by atoms with Crippen molar-refractivity contribution in [3.8, 4) is 0 Å². The Balaban J connectivity index is 1.78. The van der Waals surface area contributed by atoms with E-state index in [0.29, 0.717) is 16.8 Å². The number of carbonyl (C=O) groups excluding carboxylic acids is 1. The van der Waals surface area contributed by atoms with E-state index in [1.54, 1.807) is 24.5 Å². The topological polar surface area (TPSA) is 54.0 Å². The number of urea groups is 1. The number of allylic oxidation sites excluding steroid dienone is 1. The number of nitrogens with zero attached hydrogens (tertiary/aromatic N) is 1. The van der Waals surface area contributed by atoms with Crippen molar-refractivity contribution in [2.24, 2.45) is 5.92 Å². The molecule has 0 aromatic carbocycles. The number of rotatable bonds is 3. The number of amides is 2. The van der Waals surface area contributed by atoms with E-state index in [2.05, 4.69) is 21.7 Å². The fraction of sp³-hybridized carbons (Fsp3) is 0.385. The van der Waals surface area contributed by atoms with Crippen LogP contribution in [0.5, 0.6) is 0 Å². The number of hydrogen-bond acceptors (Lipinski definition) is 2. The highest BCUT2D eigenvalue weighted by Crippen LogP contribution is 2.25. The smallest absolute Gasteiger partial charge is 0.315 e. The molecule has 2 rings (SSSR count). The molecule has 2 N–H and O–H groups in total. The van der Waals surface area contributed by atoms with E-state index >= 15 is 0 Å². The van der Waals surface area contributed by atoms with Crippen LogP contribution < -0.4 is 10.6 Å². The Kier molecular flexibility index (Phi) is 4.59. The molecule has 1 saturated carbocycles. The highest BCUT2D eigenvalue weighted by molar-refractivity contribution is 6.30. The van der Waals surface area contributed by atoms with E-state index in [1.165, 1.54) is 25.7 Å². The summed E-state index contributed by atoms with van der Waals surface area (Å²) in [6.45, 7) is 0. The standard InChI is InChI=1S/C13H16ClN3O/c14-11-6-8-15-12(9-11)17-13(18)16-7-5-10-3-1-2-4-10/h5-10H,1-4H2,(H2,15,16,17,18)/b7-5+. The average Bonchev–Trinajstić information content (AvgIpc) is 2.82. The van der Waals surface area contributed by atoms with Gasteiger partial charge in [0, 0.05) is 17.4 Å². The lowest BCUT2D eigenvalue weighted by atomic mass is 10.1. The Labute approximate surface area is 111 Å². The van der Waals surface area contributed by atoms with E-state index in [1.807, 2.05) is 0 Å². The first-order valence-electron chi connectivity index (χ1n) is 6.10. The van der Waals surface area contributed by atoms with E-state index in [4.69, 9.17) is 11.6 Å². The SMILES string of the molecule is O=C(N/C=C/C1CCCC1)Nc1cc(Cl)ccn1. The molecule has 0 radical (unpaired) electrons. The average molecular weight is 266 g/mol. The molecule has 0 atom stereocenters. The molecule has 1 fully saturated rings. The van der Waals surface area contributed by atoms with Gasteiger partial charge >= 0.3 is 6.03 Å². The first-order valence-corrected chi connectivity index (χ1v) is 6.47. The van der Waals surface area contributed by atoms with Crippen LogP contribution in [0.3, 0.4) is 0 Å². The minimum absolute atomic E-state index is 0.306. The van der Waals surface area contributed by atoms with Gasteiger partial charge in [-0.25, -0.2) is 9.78 Å². The Morgan fingerprint density at radius 1 is 1.44 bits per heavy atom. The molecular weight excluding hydrogens is 250 g/mol. The minimum atomic E-state index is -0.306. The fourth-order valence-electron chi connectivity index (χ4n) is 2.04. The van der Waals surface area contributed by atoms with Crippen molar-refractivity contribution in [3.05, 3.63) is 35.6 Å². The summed E-state index contributed by atoms with van der Waals surface area (Å²) in [7, 11) is 0. The van der Waals surface area contributed by atoms with Crippen molar-refractivity contribution in [3.63, 3.8) is 0 Å². The van der Waals surface area contributed by atoms with Gasteiger partial charge in [0.05, 0.1) is 0 Å². The largest absolute Gasteiger partial charge is 0.324 e. The zero-order chi connectivity index (χ0) is 12.8. The molecule has 0 aliphatic heterocycles. The van der Waals surface area contributed by atoms with Crippen LogP contribution in [0.1, 0.15) is 25.7 Å². The highest BCUT2D eigenvalue weighted by atomic mass is 35.5. The van der Waals surface area contributed by atoms with Crippen LogP contribution in [0.25, 0.3) is 0 Å². The summed E-state index contributed by atoms with van der Waals surface area (Å²) in [6, 6.07) is 2.95. The highest BCUT2D eigenvalue weighted by Gasteiger charge is 2.11. The predicted molar refractivity (Wildman–Crippen MR) is 72.5 cm³/mol. The maximum absolute atomic E-state index is 11.5. The van der Waals surface area contributed by atoms with Gasteiger partial charge in [-0.2, -0.15) is 0 Å². The monoisotopic (exact) mass is 265 g/mol. The van der Waals surface area contributed by atoms with Crippen LogP contribution in [-0.4, -0.2) is 11.0 Å². The molecule has 0 unspecified atom stereocenters. The lowest BCUT2D eigenvalue weighted by molar-refractivity contribution is 0.255. The van der Waals surface area contributed by atoms with Crippen LogP contribution in [0.4, 0.5) is 10.6 Å². The molecule has 0 bridgehead atoms. The van der Waals surface area contributed by atoms with Gasteiger partial charge < -0.3 is 5.32 Å². The van der Waals surface area contributed by atoms with Gasteiger partial charge in [-0.05, 0) is 30.9 Å². The van der Waals surface area contributed by atoms with Crippen LogP contribution in [-0.2, 0) is 0 Å². The molecule has 1 heterocycles. The second kappa shape index (κ2) is 6.40. The number of halogens is 1. The summed E-state index contributed by atoms with van der Waals surface area (Å²) in [6.07, 6.45) is 10.3. The van der Waals surface area contributed by atoms with E-state index in [9.17, 15) is 4.79 Å². The predicted octanol–water partition coefficient (Wildman–Crippen LogP) is 3.56. The number of anilines is 1. The van der Waals surface area contributed by atoms with Gasteiger partial charge in [-0.1, -0.05) is 30.5 Å². The summed E-state index contributed by atoms with van der Waals surface area (Å²) in [4.78, 5) is 15.5. The molecule has 0 saturated heterocycles. The van der Waals surface area contributed by atoms with E-state index < -0.39 is 0 Å². The lowest BCUT2D eigenvalue weighted by Gasteiger charge is -2.04. The number of carbonyl (C=O) groups is 1. The number of pyridine rings is 1. The Bertz CT molecular complexity index is 442. The zero-order valence-corrected chi connectivity index (χ0v) is 10.8. The van der Waals surface area contributed by atoms with Gasteiger partial charge in [0.2, 0.25) is 0 Å². The van der Waals surface area contributed by atoms with Gasteiger partial charge in [-0.15, -0.1) is 0 Å². The summed E-state index contributed by atoms with van der Waals surface area (Å²) in [5.74, 6) is 1.05. The van der Waals surface area contributed by atoms with Crippen LogP contribution in [0.15, 0.2) is 30.6 Å². The Morgan fingerprint density at radius 2 is 2.22 bits per heavy atom. The number of aromatic nitrogens is 1. The molecule has 4 nitrogen and oxygen atoms in total. The van der Waals surface area contributed by atoms with Crippen LogP contribution in [0, 0.1) is 5.92 Å². The summed E-state index contributed by atoms with van der Waals surface area (Å²) < 4.78 is 0. The van der Waals surface area contributed by atoms with E-state index in [-0.39, 0.29) is 6.03 Å². The molecule has 96 valence electrons. The van der Waals surface area contributed by atoms with Crippen molar-refractivity contribution < 1.29 is 4.79 Å². The molecule has 1 aromatic rings. The van der Waals surface area contributed by atoms with Crippen molar-refractivity contribution in [1.29, 1.82) is 0 Å². The Hall–Kier alpha value is -1.55. The van der Waals surface area contributed by atoms with Gasteiger partial charge in [0.1, 0.15) is 5.82 Å². The van der Waals surface area contributed by atoms with Gasteiger partial charge in [0.15, 0.2) is 0 Å². The van der Waals surface area contributed by atoms with Crippen molar-refractivity contribution in [1.82, 2.24) is 10.3 Å². The summed E-state index contributed by atoms with van der Waals surface area (Å²) in [5.41, 5.74) is 0. The third kappa shape index (κ3) is 4.04. The molecule has 18 heavy (non-hydrogen) atoms. The first kappa shape index (κ1) is 12.9. The molecule has 1 aromatic heterocycles. The molecule has 1 aliphatic rings. The van der Waals surface area contributed by atoms with Crippen molar-refractivity contribution in [2.75, 3.05) is 5.32 Å². The van der Waals surface area contributed by atoms with Gasteiger partial charge in [0.25, 0.3) is 0 Å². The third-order valence-corrected chi connectivity index (χ3v) is 3.18. The zero-order valence-electron chi connectivity index (χ0n) is 10.0. The maximum atomic E-state index is 11.5. The fourth-order valence-corrected chi connectivity index (χ4v) is 2.19. The quantitative estimate of drug-likeness (QED) is 0.878. The molecule has 5 heteroatoms. The molecule has 1 aliphatic carbocycles. The van der Waals surface area contributed by atoms with Crippen LogP contribution >= 0.6 is 11.6 Å². The van der Waals surface area contributed by atoms with Crippen LogP contribution in [0.2, 0.25) is 5.02 Å². The first-order chi connectivity index (χ1) is 8.74. The molecular formula is C13H16ClN3O. The second-order valence-corrected chi connectivity index (χ2v) is 4.80.